The summed E-state index contributed by atoms with van der Waals surface area (Å²) in [6, 6.07) is 6.77. The van der Waals surface area contributed by atoms with Crippen molar-refractivity contribution < 1.29 is 14.3 Å². The van der Waals surface area contributed by atoms with Gasteiger partial charge in [0.1, 0.15) is 5.75 Å². The van der Waals surface area contributed by atoms with Crippen LogP contribution in [0.2, 0.25) is 0 Å². The third-order valence-corrected chi connectivity index (χ3v) is 4.65. The van der Waals surface area contributed by atoms with Gasteiger partial charge in [0, 0.05) is 24.7 Å². The van der Waals surface area contributed by atoms with Gasteiger partial charge in [-0.3, -0.25) is 4.79 Å². The van der Waals surface area contributed by atoms with E-state index in [-0.39, 0.29) is 23.6 Å². The van der Waals surface area contributed by atoms with E-state index in [2.05, 4.69) is 15.2 Å². The number of aromatic nitrogens is 1. The Kier molecular flexibility index (Phi) is 3.53. The third kappa shape index (κ3) is 2.94. The van der Waals surface area contributed by atoms with E-state index in [9.17, 15) is 9.90 Å². The second-order valence-corrected chi connectivity index (χ2v) is 6.40. The first kappa shape index (κ1) is 14.3. The summed E-state index contributed by atoms with van der Waals surface area (Å²) >= 11 is 0. The van der Waals surface area contributed by atoms with E-state index in [0.717, 1.165) is 31.6 Å². The largest absolute Gasteiger partial charge is 0.508 e. The van der Waals surface area contributed by atoms with Crippen LogP contribution in [0.25, 0.3) is 11.3 Å². The van der Waals surface area contributed by atoms with Crippen molar-refractivity contribution in [2.75, 3.05) is 19.6 Å². The van der Waals surface area contributed by atoms with Crippen molar-refractivity contribution in [2.24, 2.45) is 5.92 Å². The van der Waals surface area contributed by atoms with Gasteiger partial charge in [0.2, 0.25) is 0 Å². The first-order valence-corrected chi connectivity index (χ1v) is 7.96. The van der Waals surface area contributed by atoms with Gasteiger partial charge in [-0.25, -0.2) is 4.98 Å². The number of hydrogen-bond acceptors (Lipinski definition) is 5. The predicted octanol–water partition coefficient (Wildman–Crippen LogP) is 1.87. The number of carbonyl (C=O) groups is 1. The van der Waals surface area contributed by atoms with Crippen molar-refractivity contribution in [1.82, 2.24) is 15.2 Å². The molecule has 3 atom stereocenters. The Bertz CT molecular complexity index is 698. The number of oxazole rings is 1. The number of rotatable bonds is 3. The zero-order chi connectivity index (χ0) is 15.8. The number of phenolic OH excluding ortho intramolecular Hbond substituents is 1. The van der Waals surface area contributed by atoms with Crippen LogP contribution in [-0.2, 0) is 0 Å². The number of amides is 1. The number of fused-ring (bicyclic) bond motifs is 2. The number of benzene rings is 1. The van der Waals surface area contributed by atoms with Gasteiger partial charge in [-0.15, -0.1) is 0 Å². The maximum Gasteiger partial charge on any atom is 0.307 e. The van der Waals surface area contributed by atoms with Crippen molar-refractivity contribution in [3.8, 4) is 17.1 Å². The van der Waals surface area contributed by atoms with Crippen LogP contribution in [0, 0.1) is 5.92 Å². The van der Waals surface area contributed by atoms with Crippen molar-refractivity contribution in [1.29, 1.82) is 0 Å². The molecule has 4 rings (SSSR count). The Morgan fingerprint density at radius 1 is 1.30 bits per heavy atom. The molecule has 0 saturated carbocycles. The molecule has 6 nitrogen and oxygen atoms in total. The molecule has 6 heteroatoms. The van der Waals surface area contributed by atoms with E-state index in [4.69, 9.17) is 4.42 Å². The van der Waals surface area contributed by atoms with Gasteiger partial charge in [-0.1, -0.05) is 0 Å². The minimum atomic E-state index is -0.262. The first-order chi connectivity index (χ1) is 11.2. The second kappa shape index (κ2) is 5.70. The molecule has 1 aromatic carbocycles. The molecule has 2 aliphatic heterocycles. The number of piperidine rings is 1. The number of carbonyl (C=O) groups excluding carboxylic acids is 1. The van der Waals surface area contributed by atoms with Crippen LogP contribution in [-0.4, -0.2) is 46.6 Å². The van der Waals surface area contributed by atoms with E-state index < -0.39 is 0 Å². The monoisotopic (exact) mass is 313 g/mol. The van der Waals surface area contributed by atoms with Crippen LogP contribution in [0.3, 0.4) is 0 Å². The molecule has 0 spiro atoms. The van der Waals surface area contributed by atoms with Crippen molar-refractivity contribution >= 4 is 5.91 Å². The molecule has 2 N–H and O–H groups in total. The highest BCUT2D eigenvalue weighted by atomic mass is 16.4. The van der Waals surface area contributed by atoms with E-state index in [1.807, 2.05) is 0 Å². The smallest absolute Gasteiger partial charge is 0.307 e. The fraction of sp³-hybridized carbons (Fsp3) is 0.412. The Labute approximate surface area is 134 Å². The average Bonchev–Trinajstić information content (AvgIpc) is 3.15. The summed E-state index contributed by atoms with van der Waals surface area (Å²) < 4.78 is 5.56. The number of aromatic hydroxyl groups is 1. The van der Waals surface area contributed by atoms with Crippen molar-refractivity contribution in [3.05, 3.63) is 36.4 Å². The molecule has 2 aliphatic rings. The summed E-state index contributed by atoms with van der Waals surface area (Å²) in [5, 5.41) is 12.3. The van der Waals surface area contributed by atoms with Gasteiger partial charge in [0.15, 0.2) is 5.76 Å². The quantitative estimate of drug-likeness (QED) is 0.904. The molecule has 2 saturated heterocycles. The maximum atomic E-state index is 12.3. The van der Waals surface area contributed by atoms with Gasteiger partial charge in [-0.2, -0.15) is 0 Å². The van der Waals surface area contributed by atoms with Crippen LogP contribution in [0.5, 0.6) is 5.75 Å². The Balaban J connectivity index is 1.44. The van der Waals surface area contributed by atoms with E-state index in [1.54, 1.807) is 24.3 Å². The minimum absolute atomic E-state index is 0.0843. The van der Waals surface area contributed by atoms with Crippen LogP contribution >= 0.6 is 0 Å². The number of nitrogens with zero attached hydrogens (tertiary/aromatic N) is 2. The molecule has 1 unspecified atom stereocenters. The van der Waals surface area contributed by atoms with E-state index in [0.29, 0.717) is 11.7 Å². The SMILES string of the molecule is O=C(N[C@@H]1C[C@@H]2CCN(C2)C1)c1ncc(-c2ccc(O)cc2)o1. The normalized spacial score (nSPS) is 26.2. The van der Waals surface area contributed by atoms with Gasteiger partial charge >= 0.3 is 5.91 Å². The summed E-state index contributed by atoms with van der Waals surface area (Å²) in [5.74, 6) is 1.23. The summed E-state index contributed by atoms with van der Waals surface area (Å²) in [7, 11) is 0. The number of phenols is 1. The van der Waals surface area contributed by atoms with Gasteiger partial charge in [-0.05, 0) is 49.6 Å². The predicted molar refractivity (Wildman–Crippen MR) is 84.0 cm³/mol. The number of hydrogen-bond donors (Lipinski definition) is 2. The first-order valence-electron chi connectivity index (χ1n) is 7.96. The molecular formula is C17H19N3O3. The maximum absolute atomic E-state index is 12.3. The summed E-state index contributed by atoms with van der Waals surface area (Å²) in [6.45, 7) is 3.21. The van der Waals surface area contributed by atoms with Crippen LogP contribution in [0.4, 0.5) is 0 Å². The molecule has 0 aliphatic carbocycles. The van der Waals surface area contributed by atoms with Crippen LogP contribution in [0.15, 0.2) is 34.9 Å². The van der Waals surface area contributed by atoms with E-state index in [1.165, 1.54) is 12.6 Å². The average molecular weight is 313 g/mol. The van der Waals surface area contributed by atoms with Crippen molar-refractivity contribution in [2.45, 2.75) is 18.9 Å². The summed E-state index contributed by atoms with van der Waals surface area (Å²) in [6.07, 6.45) is 3.81. The second-order valence-electron chi connectivity index (χ2n) is 6.40. The summed E-state index contributed by atoms with van der Waals surface area (Å²) in [5.41, 5.74) is 0.774. The standard InChI is InChI=1S/C17H19N3O3/c21-14-3-1-12(2-4-14)15-8-18-17(23-15)16(22)19-13-7-11-5-6-20(9-11)10-13/h1-4,8,11,13,21H,5-7,9-10H2,(H,19,22)/t11-,13+/m0/s1. The molecule has 2 fully saturated rings. The highest BCUT2D eigenvalue weighted by molar-refractivity contribution is 5.90. The molecular weight excluding hydrogens is 294 g/mol. The van der Waals surface area contributed by atoms with Gasteiger partial charge in [0.05, 0.1) is 6.20 Å². The van der Waals surface area contributed by atoms with Gasteiger partial charge < -0.3 is 19.7 Å². The Morgan fingerprint density at radius 2 is 2.13 bits per heavy atom. The zero-order valence-electron chi connectivity index (χ0n) is 12.7. The van der Waals surface area contributed by atoms with Crippen LogP contribution < -0.4 is 5.32 Å². The highest BCUT2D eigenvalue weighted by Gasteiger charge is 2.33. The molecule has 1 amide bonds. The van der Waals surface area contributed by atoms with E-state index >= 15 is 0 Å². The molecule has 0 radical (unpaired) electrons. The van der Waals surface area contributed by atoms with Gasteiger partial charge in [0.25, 0.3) is 5.89 Å². The third-order valence-electron chi connectivity index (χ3n) is 4.65. The Morgan fingerprint density at radius 3 is 2.91 bits per heavy atom. The highest BCUT2D eigenvalue weighted by Crippen LogP contribution is 2.27. The number of nitrogens with one attached hydrogen (secondary N) is 1. The lowest BCUT2D eigenvalue weighted by molar-refractivity contribution is 0.0875. The molecule has 1 aromatic heterocycles. The lowest BCUT2D eigenvalue weighted by Gasteiger charge is -2.30. The molecule has 120 valence electrons. The zero-order valence-corrected chi connectivity index (χ0v) is 12.7. The van der Waals surface area contributed by atoms with Crippen molar-refractivity contribution in [3.63, 3.8) is 0 Å². The molecule has 2 bridgehead atoms. The fourth-order valence-electron chi connectivity index (χ4n) is 3.55. The Hall–Kier alpha value is -2.34. The summed E-state index contributed by atoms with van der Waals surface area (Å²) in [4.78, 5) is 18.8. The lowest BCUT2D eigenvalue weighted by Crippen LogP contribution is -2.47. The molecule has 2 aromatic rings. The molecule has 23 heavy (non-hydrogen) atoms. The molecule has 3 heterocycles. The van der Waals surface area contributed by atoms with Crippen LogP contribution in [0.1, 0.15) is 23.5 Å². The topological polar surface area (TPSA) is 78.6 Å². The minimum Gasteiger partial charge on any atom is -0.508 e. The lowest BCUT2D eigenvalue weighted by atomic mass is 9.97. The fourth-order valence-corrected chi connectivity index (χ4v) is 3.55.